The summed E-state index contributed by atoms with van der Waals surface area (Å²) in [5.74, 6) is 0.971. The number of ether oxygens (including phenoxy) is 1. The fraction of sp³-hybridized carbons (Fsp3) is 0.800. The number of fused-ring (bicyclic) bond motifs is 1. The summed E-state index contributed by atoms with van der Waals surface area (Å²) < 4.78 is 5.59. The van der Waals surface area contributed by atoms with Crippen LogP contribution in [-0.4, -0.2) is 73.7 Å². The molecule has 1 aliphatic heterocycles. The molecule has 3 rings (SSSR count). The van der Waals surface area contributed by atoms with E-state index in [0.717, 1.165) is 58.1 Å². The lowest BCUT2D eigenvalue weighted by Crippen LogP contribution is -2.51. The van der Waals surface area contributed by atoms with Crippen molar-refractivity contribution in [1.29, 1.82) is 0 Å². The first kappa shape index (κ1) is 23.8. The molecule has 28 heavy (non-hydrogen) atoms. The number of guanidine groups is 1. The summed E-state index contributed by atoms with van der Waals surface area (Å²) in [5.41, 5.74) is 1.44. The SMILES string of the molecule is CCNC(=NCC1(N(C)C)CCOCC1)N(C)Cc1nc2c(s1)CCCC2.I. The average molecular weight is 522 g/mol. The van der Waals surface area contributed by atoms with Crippen LogP contribution in [0, 0.1) is 0 Å². The Balaban J connectivity index is 0.00000280. The number of thiazole rings is 1. The second kappa shape index (κ2) is 11.1. The highest BCUT2D eigenvalue weighted by atomic mass is 127. The highest BCUT2D eigenvalue weighted by Crippen LogP contribution is 2.28. The average Bonchev–Trinajstić information content (AvgIpc) is 3.07. The van der Waals surface area contributed by atoms with Gasteiger partial charge in [0, 0.05) is 37.2 Å². The van der Waals surface area contributed by atoms with Crippen LogP contribution in [0.5, 0.6) is 0 Å². The zero-order valence-electron chi connectivity index (χ0n) is 17.8. The number of hydrogen-bond donors (Lipinski definition) is 1. The monoisotopic (exact) mass is 521 g/mol. The number of halogens is 1. The molecule has 2 aliphatic rings. The van der Waals surface area contributed by atoms with Gasteiger partial charge in [-0.15, -0.1) is 35.3 Å². The summed E-state index contributed by atoms with van der Waals surface area (Å²) in [5, 5.41) is 4.67. The van der Waals surface area contributed by atoms with E-state index in [1.165, 1.54) is 34.8 Å². The maximum Gasteiger partial charge on any atom is 0.194 e. The molecule has 160 valence electrons. The molecule has 0 unspecified atom stereocenters. The van der Waals surface area contributed by atoms with Crippen molar-refractivity contribution in [3.05, 3.63) is 15.6 Å². The summed E-state index contributed by atoms with van der Waals surface area (Å²) >= 11 is 1.89. The highest BCUT2D eigenvalue weighted by Gasteiger charge is 2.34. The van der Waals surface area contributed by atoms with Crippen molar-refractivity contribution >= 4 is 41.3 Å². The number of rotatable bonds is 6. The van der Waals surface area contributed by atoms with Gasteiger partial charge in [0.15, 0.2) is 5.96 Å². The minimum absolute atomic E-state index is 0. The van der Waals surface area contributed by atoms with E-state index in [9.17, 15) is 0 Å². The maximum atomic E-state index is 5.59. The van der Waals surface area contributed by atoms with Gasteiger partial charge >= 0.3 is 0 Å². The Labute approximate surface area is 191 Å². The molecule has 0 saturated carbocycles. The lowest BCUT2D eigenvalue weighted by molar-refractivity contribution is -0.00262. The van der Waals surface area contributed by atoms with E-state index in [4.69, 9.17) is 14.7 Å². The van der Waals surface area contributed by atoms with Crippen molar-refractivity contribution in [1.82, 2.24) is 20.1 Å². The third-order valence-corrected chi connectivity index (χ3v) is 7.00. The van der Waals surface area contributed by atoms with Crippen molar-refractivity contribution in [2.75, 3.05) is 47.4 Å². The summed E-state index contributed by atoms with van der Waals surface area (Å²) in [4.78, 5) is 16.0. The van der Waals surface area contributed by atoms with E-state index >= 15 is 0 Å². The molecule has 0 amide bonds. The van der Waals surface area contributed by atoms with Gasteiger partial charge in [-0.25, -0.2) is 4.98 Å². The van der Waals surface area contributed by atoms with Crippen LogP contribution in [0.1, 0.15) is 48.2 Å². The number of nitrogens with zero attached hydrogens (tertiary/aromatic N) is 4. The van der Waals surface area contributed by atoms with Crippen LogP contribution in [0.15, 0.2) is 4.99 Å². The number of nitrogens with one attached hydrogen (secondary N) is 1. The minimum atomic E-state index is 0. The first-order valence-corrected chi connectivity index (χ1v) is 11.1. The van der Waals surface area contributed by atoms with Gasteiger partial charge in [-0.2, -0.15) is 0 Å². The molecule has 1 aliphatic carbocycles. The van der Waals surface area contributed by atoms with E-state index in [2.05, 4.69) is 43.2 Å². The predicted molar refractivity (Wildman–Crippen MR) is 128 cm³/mol. The normalized spacial score (nSPS) is 19.1. The van der Waals surface area contributed by atoms with E-state index < -0.39 is 0 Å². The molecule has 1 aromatic rings. The van der Waals surface area contributed by atoms with Crippen LogP contribution < -0.4 is 5.32 Å². The second-order valence-electron chi connectivity index (χ2n) is 7.94. The van der Waals surface area contributed by atoms with Gasteiger partial charge in [-0.1, -0.05) is 0 Å². The number of aliphatic imine (C=N–C) groups is 1. The summed E-state index contributed by atoms with van der Waals surface area (Å²) in [7, 11) is 6.45. The van der Waals surface area contributed by atoms with Crippen LogP contribution in [0.3, 0.4) is 0 Å². The smallest absolute Gasteiger partial charge is 0.194 e. The lowest BCUT2D eigenvalue weighted by Gasteiger charge is -2.42. The van der Waals surface area contributed by atoms with E-state index in [0.29, 0.717) is 0 Å². The van der Waals surface area contributed by atoms with Crippen molar-refractivity contribution in [2.45, 2.75) is 57.5 Å². The third kappa shape index (κ3) is 5.79. The number of hydrogen-bond acceptors (Lipinski definition) is 5. The Bertz CT molecular complexity index is 619. The summed E-state index contributed by atoms with van der Waals surface area (Å²) in [6.45, 7) is 6.26. The number of aromatic nitrogens is 1. The Morgan fingerprint density at radius 2 is 1.93 bits per heavy atom. The zero-order valence-corrected chi connectivity index (χ0v) is 20.9. The van der Waals surface area contributed by atoms with Gasteiger partial charge in [0.1, 0.15) is 5.01 Å². The Morgan fingerprint density at radius 1 is 1.21 bits per heavy atom. The zero-order chi connectivity index (χ0) is 19.3. The molecule has 2 heterocycles. The quantitative estimate of drug-likeness (QED) is 0.354. The van der Waals surface area contributed by atoms with Crippen LogP contribution in [0.4, 0.5) is 0 Å². The molecule has 0 radical (unpaired) electrons. The third-order valence-electron chi connectivity index (χ3n) is 5.85. The molecule has 1 aromatic heterocycles. The largest absolute Gasteiger partial charge is 0.381 e. The molecule has 0 spiro atoms. The van der Waals surface area contributed by atoms with E-state index in [-0.39, 0.29) is 29.5 Å². The Morgan fingerprint density at radius 3 is 2.57 bits per heavy atom. The minimum Gasteiger partial charge on any atom is -0.381 e. The van der Waals surface area contributed by atoms with Crippen molar-refractivity contribution < 1.29 is 4.74 Å². The van der Waals surface area contributed by atoms with Gasteiger partial charge in [0.25, 0.3) is 0 Å². The number of likely N-dealkylation sites (N-methyl/N-ethyl adjacent to an activating group) is 1. The standard InChI is InChI=1S/C20H35N5OS.HI/c1-5-21-19(22-15-20(24(2)3)10-12-26-13-11-20)25(4)14-18-23-16-8-6-7-9-17(16)27-18;/h5-15H2,1-4H3,(H,21,22);1H. The van der Waals surface area contributed by atoms with E-state index in [1.807, 2.05) is 11.3 Å². The highest BCUT2D eigenvalue weighted by molar-refractivity contribution is 14.0. The number of aryl methyl sites for hydroxylation is 2. The van der Waals surface area contributed by atoms with Gasteiger partial charge in [0.05, 0.1) is 18.8 Å². The summed E-state index contributed by atoms with van der Waals surface area (Å²) in [6.07, 6.45) is 7.02. The molecular weight excluding hydrogens is 485 g/mol. The van der Waals surface area contributed by atoms with Crippen LogP contribution in [0.25, 0.3) is 0 Å². The first-order valence-electron chi connectivity index (χ1n) is 10.3. The van der Waals surface area contributed by atoms with Gasteiger partial charge in [-0.3, -0.25) is 4.99 Å². The molecule has 8 heteroatoms. The topological polar surface area (TPSA) is 53.0 Å². The van der Waals surface area contributed by atoms with Crippen LogP contribution in [-0.2, 0) is 24.1 Å². The van der Waals surface area contributed by atoms with Gasteiger partial charge in [-0.05, 0) is 59.5 Å². The molecule has 6 nitrogen and oxygen atoms in total. The Kier molecular flexibility index (Phi) is 9.43. The van der Waals surface area contributed by atoms with Gasteiger partial charge in [0.2, 0.25) is 0 Å². The lowest BCUT2D eigenvalue weighted by atomic mass is 9.89. The molecule has 0 aromatic carbocycles. The van der Waals surface area contributed by atoms with Crippen molar-refractivity contribution in [3.63, 3.8) is 0 Å². The molecular formula is C20H36IN5OS. The summed E-state index contributed by atoms with van der Waals surface area (Å²) in [6, 6.07) is 0. The second-order valence-corrected chi connectivity index (χ2v) is 9.11. The first-order chi connectivity index (χ1) is 13.0. The maximum absolute atomic E-state index is 5.59. The van der Waals surface area contributed by atoms with Crippen LogP contribution in [0.2, 0.25) is 0 Å². The van der Waals surface area contributed by atoms with Gasteiger partial charge < -0.3 is 19.9 Å². The molecule has 1 N–H and O–H groups in total. The molecule has 0 bridgehead atoms. The van der Waals surface area contributed by atoms with Crippen molar-refractivity contribution in [3.8, 4) is 0 Å². The van der Waals surface area contributed by atoms with Crippen molar-refractivity contribution in [2.24, 2.45) is 4.99 Å². The fourth-order valence-corrected chi connectivity index (χ4v) is 5.15. The predicted octanol–water partition coefficient (Wildman–Crippen LogP) is 3.15. The Hall–Kier alpha value is -0.450. The van der Waals surface area contributed by atoms with E-state index in [1.54, 1.807) is 0 Å². The fourth-order valence-electron chi connectivity index (χ4n) is 3.94. The molecule has 1 fully saturated rings. The molecule has 1 saturated heterocycles. The molecule has 0 atom stereocenters. The van der Waals surface area contributed by atoms with Crippen LogP contribution >= 0.6 is 35.3 Å².